The van der Waals surface area contributed by atoms with Crippen molar-refractivity contribution in [1.82, 2.24) is 0 Å². The first kappa shape index (κ1) is 28.6. The van der Waals surface area contributed by atoms with Gasteiger partial charge in [0.15, 0.2) is 0 Å². The van der Waals surface area contributed by atoms with Gasteiger partial charge < -0.3 is 24.7 Å². The van der Waals surface area contributed by atoms with Crippen LogP contribution in [-0.2, 0) is 6.61 Å². The lowest BCUT2D eigenvalue weighted by atomic mass is 9.83. The largest absolute Gasteiger partial charge is 0.494 e. The number of hydrogen-bond acceptors (Lipinski definition) is 7. The highest BCUT2D eigenvalue weighted by atomic mass is 35.5. The van der Waals surface area contributed by atoms with E-state index in [1.54, 1.807) is 42.5 Å². The van der Waals surface area contributed by atoms with Crippen molar-refractivity contribution in [2.24, 2.45) is 5.73 Å². The monoisotopic (exact) mass is 580 g/mol. The van der Waals surface area contributed by atoms with Crippen LogP contribution in [0.3, 0.4) is 0 Å². The molecule has 1 aliphatic heterocycles. The fourth-order valence-corrected chi connectivity index (χ4v) is 4.78. The lowest BCUT2D eigenvalue weighted by Crippen LogP contribution is -2.21. The first-order valence-corrected chi connectivity index (χ1v) is 14.0. The minimum atomic E-state index is -0.521. The Morgan fingerprint density at radius 3 is 2.50 bits per heavy atom. The van der Waals surface area contributed by atoms with Crippen LogP contribution >= 0.6 is 11.6 Å². The molecule has 8 heteroatoms. The van der Waals surface area contributed by atoms with Crippen LogP contribution in [0.15, 0.2) is 102 Å². The van der Waals surface area contributed by atoms with Gasteiger partial charge in [-0.05, 0) is 60.5 Å². The van der Waals surface area contributed by atoms with Gasteiger partial charge in [0.05, 0.1) is 18.1 Å². The van der Waals surface area contributed by atoms with Gasteiger partial charge in [0.2, 0.25) is 5.88 Å². The van der Waals surface area contributed by atoms with Crippen LogP contribution in [0.25, 0.3) is 0 Å². The van der Waals surface area contributed by atoms with Gasteiger partial charge in [0.25, 0.3) is 0 Å². The lowest BCUT2D eigenvalue weighted by molar-refractivity contribution is 0.0734. The smallest absolute Gasteiger partial charge is 0.343 e. The molecule has 0 aromatic heterocycles. The number of ether oxygens (including phenoxy) is 4. The van der Waals surface area contributed by atoms with Crippen LogP contribution in [0.4, 0.5) is 0 Å². The van der Waals surface area contributed by atoms with Gasteiger partial charge in [-0.1, -0.05) is 61.3 Å². The third-order valence-electron chi connectivity index (χ3n) is 6.80. The number of nitriles is 1. The molecule has 4 aromatic carbocycles. The van der Waals surface area contributed by atoms with Crippen LogP contribution in [0.1, 0.15) is 52.7 Å². The molecule has 212 valence electrons. The van der Waals surface area contributed by atoms with Crippen LogP contribution < -0.4 is 24.7 Å². The van der Waals surface area contributed by atoms with Crippen molar-refractivity contribution >= 4 is 17.6 Å². The Labute approximate surface area is 249 Å². The molecule has 1 heterocycles. The van der Waals surface area contributed by atoms with E-state index in [0.717, 1.165) is 24.0 Å². The lowest BCUT2D eigenvalue weighted by Gasteiger charge is -2.27. The molecule has 1 unspecified atom stereocenters. The summed E-state index contributed by atoms with van der Waals surface area (Å²) < 4.78 is 23.1. The second kappa shape index (κ2) is 13.2. The summed E-state index contributed by atoms with van der Waals surface area (Å²) in [5, 5.41) is 10.6. The summed E-state index contributed by atoms with van der Waals surface area (Å²) in [6, 6.07) is 29.0. The Balaban J connectivity index is 1.35. The summed E-state index contributed by atoms with van der Waals surface area (Å²) in [4.78, 5) is 12.8. The van der Waals surface area contributed by atoms with Crippen molar-refractivity contribution < 1.29 is 23.7 Å². The van der Waals surface area contributed by atoms with Gasteiger partial charge in [-0.2, -0.15) is 5.26 Å². The molecule has 0 radical (unpaired) electrons. The minimum absolute atomic E-state index is 0.0143. The number of allylic oxidation sites excluding steroid dienone is 1. The molecule has 0 saturated carbocycles. The molecule has 5 rings (SSSR count). The van der Waals surface area contributed by atoms with Gasteiger partial charge in [-0.15, -0.1) is 0 Å². The summed E-state index contributed by atoms with van der Waals surface area (Å²) >= 11 is 6.27. The van der Waals surface area contributed by atoms with E-state index in [2.05, 4.69) is 13.0 Å². The van der Waals surface area contributed by atoms with E-state index in [1.807, 2.05) is 48.5 Å². The zero-order valence-corrected chi connectivity index (χ0v) is 23.8. The molecule has 0 amide bonds. The van der Waals surface area contributed by atoms with E-state index in [9.17, 15) is 10.1 Å². The number of nitrogens with two attached hydrogens (primary N) is 1. The number of halogens is 1. The van der Waals surface area contributed by atoms with E-state index in [-0.39, 0.29) is 17.2 Å². The number of hydrogen-bond donors (Lipinski definition) is 1. The van der Waals surface area contributed by atoms with Gasteiger partial charge in [-0.3, -0.25) is 0 Å². The zero-order chi connectivity index (χ0) is 29.5. The van der Waals surface area contributed by atoms with Crippen LogP contribution in [0.2, 0.25) is 5.02 Å². The van der Waals surface area contributed by atoms with Gasteiger partial charge in [0.1, 0.15) is 41.2 Å². The number of esters is 1. The predicted molar refractivity (Wildman–Crippen MR) is 160 cm³/mol. The van der Waals surface area contributed by atoms with Crippen molar-refractivity contribution in [2.75, 3.05) is 6.61 Å². The summed E-state index contributed by atoms with van der Waals surface area (Å²) in [5.74, 6) is 0.944. The maximum Gasteiger partial charge on any atom is 0.343 e. The van der Waals surface area contributed by atoms with Crippen molar-refractivity contribution in [2.45, 2.75) is 32.3 Å². The van der Waals surface area contributed by atoms with E-state index in [0.29, 0.717) is 46.6 Å². The van der Waals surface area contributed by atoms with Gasteiger partial charge in [-0.25, -0.2) is 4.79 Å². The highest BCUT2D eigenvalue weighted by Gasteiger charge is 2.31. The Bertz CT molecular complexity index is 1660. The molecule has 0 saturated heterocycles. The highest BCUT2D eigenvalue weighted by Crippen LogP contribution is 2.44. The van der Waals surface area contributed by atoms with E-state index < -0.39 is 11.9 Å². The molecular weight excluding hydrogens is 552 g/mol. The molecule has 4 aromatic rings. The van der Waals surface area contributed by atoms with Crippen molar-refractivity contribution in [1.29, 1.82) is 5.26 Å². The summed E-state index contributed by atoms with van der Waals surface area (Å²) in [7, 11) is 0. The molecule has 2 N–H and O–H groups in total. The van der Waals surface area contributed by atoms with Crippen LogP contribution in [0, 0.1) is 11.3 Å². The first-order chi connectivity index (χ1) is 20.5. The molecule has 7 nitrogen and oxygen atoms in total. The Kier molecular flexibility index (Phi) is 8.96. The van der Waals surface area contributed by atoms with Crippen LogP contribution in [0.5, 0.6) is 23.0 Å². The summed E-state index contributed by atoms with van der Waals surface area (Å²) in [6.07, 6.45) is 2.00. The fraction of sp³-hybridized carbons (Fsp3) is 0.176. The number of benzene rings is 4. The number of nitrogens with zero attached hydrogens (tertiary/aromatic N) is 1. The second-order valence-electron chi connectivity index (χ2n) is 9.69. The third kappa shape index (κ3) is 6.51. The maximum absolute atomic E-state index is 12.8. The van der Waals surface area contributed by atoms with E-state index in [1.165, 1.54) is 0 Å². The van der Waals surface area contributed by atoms with Gasteiger partial charge >= 0.3 is 5.97 Å². The quantitative estimate of drug-likeness (QED) is 0.117. The number of carbonyl (C=O) groups excluding carboxylic acids is 1. The number of carbonyl (C=O) groups is 1. The average molecular weight is 581 g/mol. The Morgan fingerprint density at radius 1 is 0.952 bits per heavy atom. The molecule has 0 bridgehead atoms. The number of unbranched alkanes of at least 4 members (excludes halogenated alkanes) is 1. The number of fused-ring (bicyclic) bond motifs is 1. The zero-order valence-electron chi connectivity index (χ0n) is 23.0. The number of rotatable bonds is 10. The molecule has 0 aliphatic carbocycles. The van der Waals surface area contributed by atoms with E-state index in [4.69, 9.17) is 36.3 Å². The minimum Gasteiger partial charge on any atom is -0.494 e. The normalized spacial score (nSPS) is 13.9. The molecular formula is C34H29ClN2O5. The van der Waals surface area contributed by atoms with Crippen molar-refractivity contribution in [3.8, 4) is 29.1 Å². The molecule has 0 fully saturated rings. The molecule has 1 atom stereocenters. The molecule has 0 spiro atoms. The Morgan fingerprint density at radius 2 is 1.74 bits per heavy atom. The first-order valence-electron chi connectivity index (χ1n) is 13.6. The third-order valence-corrected chi connectivity index (χ3v) is 7.17. The molecule has 1 aliphatic rings. The SMILES string of the molecule is CCCCOc1ccc(C(=O)Oc2ccc3c(c2)OC(N)=C(C#N)C3c2cccc(OCc3ccccc3Cl)c2)cc1. The molecule has 42 heavy (non-hydrogen) atoms. The second-order valence-corrected chi connectivity index (χ2v) is 10.1. The van der Waals surface area contributed by atoms with Crippen molar-refractivity contribution in [3.63, 3.8) is 0 Å². The highest BCUT2D eigenvalue weighted by molar-refractivity contribution is 6.31. The topological polar surface area (TPSA) is 104 Å². The summed E-state index contributed by atoms with van der Waals surface area (Å²) in [6.45, 7) is 3.01. The standard InChI is InChI=1S/C34H29ClN2O5/c1-2-3-17-39-25-13-11-22(12-14-25)34(38)41-27-15-16-28-31(19-27)42-33(37)29(20-36)32(28)23-8-6-9-26(18-23)40-21-24-7-4-5-10-30(24)35/h4-16,18-19,32H,2-3,17,21,37H2,1H3. The Hall–Kier alpha value is -4.93. The van der Waals surface area contributed by atoms with Crippen molar-refractivity contribution in [3.05, 3.63) is 130 Å². The summed E-state index contributed by atoms with van der Waals surface area (Å²) in [5.41, 5.74) is 9.21. The van der Waals surface area contributed by atoms with E-state index >= 15 is 0 Å². The fourth-order valence-electron chi connectivity index (χ4n) is 4.59. The average Bonchev–Trinajstić information content (AvgIpc) is 3.00. The van der Waals surface area contributed by atoms with Gasteiger partial charge in [0, 0.05) is 22.2 Å². The van der Waals surface area contributed by atoms with Crippen LogP contribution in [-0.4, -0.2) is 12.6 Å². The maximum atomic E-state index is 12.8. The predicted octanol–water partition coefficient (Wildman–Crippen LogP) is 7.54.